The molecular formula is C21H28ClN7O4S. The van der Waals surface area contributed by atoms with Crippen LogP contribution in [-0.4, -0.2) is 75.5 Å². The Hall–Kier alpha value is -2.35. The van der Waals surface area contributed by atoms with Gasteiger partial charge in [-0.05, 0) is 31.0 Å². The van der Waals surface area contributed by atoms with E-state index in [0.29, 0.717) is 33.3 Å². The average molecular weight is 510 g/mol. The van der Waals surface area contributed by atoms with Crippen molar-refractivity contribution in [3.8, 4) is 10.6 Å². The second-order valence-electron chi connectivity index (χ2n) is 8.51. The number of hydrazine groups is 1. The summed E-state index contributed by atoms with van der Waals surface area (Å²) in [6, 6.07) is 5.34. The van der Waals surface area contributed by atoms with Crippen LogP contribution in [0.4, 0.5) is 10.8 Å². The number of nitrogens with zero attached hydrogens (tertiary/aromatic N) is 2. The Morgan fingerprint density at radius 2 is 2.12 bits per heavy atom. The molecule has 4 rings (SSSR count). The molecule has 1 saturated carbocycles. The topological polar surface area (TPSA) is 161 Å². The van der Waals surface area contributed by atoms with Crippen LogP contribution in [0.5, 0.6) is 0 Å². The smallest absolute Gasteiger partial charge is 0.251 e. The molecule has 5 atom stereocenters. The van der Waals surface area contributed by atoms with Gasteiger partial charge in [0.1, 0.15) is 5.01 Å². The van der Waals surface area contributed by atoms with Crippen molar-refractivity contribution in [1.29, 1.82) is 0 Å². The van der Waals surface area contributed by atoms with Crippen molar-refractivity contribution in [3.63, 3.8) is 0 Å². The number of fused-ring (bicyclic) bond motifs is 1. The number of rotatable bonds is 8. The van der Waals surface area contributed by atoms with Gasteiger partial charge in [-0.2, -0.15) is 0 Å². The lowest BCUT2D eigenvalue weighted by Gasteiger charge is -2.35. The van der Waals surface area contributed by atoms with Gasteiger partial charge in [-0.3, -0.25) is 20.4 Å². The Morgan fingerprint density at radius 3 is 2.88 bits per heavy atom. The number of nitrogens with one attached hydrogen (secondary N) is 5. The van der Waals surface area contributed by atoms with Gasteiger partial charge in [0.15, 0.2) is 0 Å². The zero-order valence-electron chi connectivity index (χ0n) is 18.5. The number of aliphatic hydroxyl groups is 2. The van der Waals surface area contributed by atoms with E-state index in [4.69, 9.17) is 16.7 Å². The molecule has 2 heterocycles. The Morgan fingerprint density at radius 1 is 1.29 bits per heavy atom. The van der Waals surface area contributed by atoms with Crippen LogP contribution in [0, 0.1) is 5.92 Å². The standard InChI is InChI=1S/C21H28ClN7O4S/c1-10(31)25-13-5-11(19(33)23-7-14(32)9-30)4-12(6-13)20-28-29-21(34-20)26-17-3-2-16-15(18(17)22)8-24-27-16/h4-6,14-18,24,27,30,32H,2-3,7-9H2,1H3,(H,23,33)(H,25,31)(H,26,29). The number of alkyl halides is 1. The van der Waals surface area contributed by atoms with Gasteiger partial charge in [0.2, 0.25) is 11.0 Å². The minimum absolute atomic E-state index is 0.0544. The fraction of sp³-hybridized carbons (Fsp3) is 0.524. The van der Waals surface area contributed by atoms with Crippen molar-refractivity contribution < 1.29 is 19.8 Å². The predicted molar refractivity (Wildman–Crippen MR) is 130 cm³/mol. The van der Waals surface area contributed by atoms with Crippen LogP contribution in [-0.2, 0) is 4.79 Å². The van der Waals surface area contributed by atoms with Crippen LogP contribution < -0.4 is 26.8 Å². The fourth-order valence-electron chi connectivity index (χ4n) is 4.24. The van der Waals surface area contributed by atoms with Gasteiger partial charge in [0.05, 0.1) is 18.1 Å². The molecule has 13 heteroatoms. The second kappa shape index (κ2) is 10.9. The summed E-state index contributed by atoms with van der Waals surface area (Å²) in [4.78, 5) is 24.2. The van der Waals surface area contributed by atoms with Gasteiger partial charge in [0, 0.05) is 54.8 Å². The third-order valence-corrected chi connectivity index (χ3v) is 7.46. The number of carbonyl (C=O) groups is 2. The fourth-order valence-corrected chi connectivity index (χ4v) is 5.48. The van der Waals surface area contributed by atoms with Crippen LogP contribution >= 0.6 is 22.9 Å². The molecule has 184 valence electrons. The number of hydrogen-bond acceptors (Lipinski definition) is 10. The first kappa shape index (κ1) is 24.8. The summed E-state index contributed by atoms with van der Waals surface area (Å²) >= 11 is 8.08. The Labute approximate surface area is 205 Å². The molecule has 1 aliphatic heterocycles. The molecule has 1 aromatic carbocycles. The maximum atomic E-state index is 12.6. The first-order valence-corrected chi connectivity index (χ1v) is 12.3. The summed E-state index contributed by atoms with van der Waals surface area (Å²) in [5.74, 6) is -0.400. The van der Waals surface area contributed by atoms with Gasteiger partial charge < -0.3 is 26.2 Å². The van der Waals surface area contributed by atoms with E-state index in [1.807, 2.05) is 0 Å². The molecule has 7 N–H and O–H groups in total. The van der Waals surface area contributed by atoms with E-state index in [2.05, 4.69) is 37.0 Å². The molecule has 2 aliphatic rings. The normalized spacial score (nSPS) is 24.8. The van der Waals surface area contributed by atoms with Crippen LogP contribution in [0.1, 0.15) is 30.1 Å². The second-order valence-corrected chi connectivity index (χ2v) is 9.99. The third-order valence-electron chi connectivity index (χ3n) is 5.93. The summed E-state index contributed by atoms with van der Waals surface area (Å²) in [6.45, 7) is 1.64. The van der Waals surface area contributed by atoms with Crippen molar-refractivity contribution in [3.05, 3.63) is 23.8 Å². The van der Waals surface area contributed by atoms with Crippen LogP contribution in [0.3, 0.4) is 0 Å². The van der Waals surface area contributed by atoms with Crippen molar-refractivity contribution in [1.82, 2.24) is 26.4 Å². The van der Waals surface area contributed by atoms with Crippen LogP contribution in [0.15, 0.2) is 18.2 Å². The molecule has 1 saturated heterocycles. The van der Waals surface area contributed by atoms with Gasteiger partial charge in [-0.25, -0.2) is 0 Å². The minimum atomic E-state index is -1.06. The molecule has 0 spiro atoms. The van der Waals surface area contributed by atoms with Crippen molar-refractivity contribution in [2.75, 3.05) is 30.3 Å². The van der Waals surface area contributed by atoms with E-state index in [0.717, 1.165) is 19.4 Å². The van der Waals surface area contributed by atoms with Crippen molar-refractivity contribution >= 4 is 45.6 Å². The lowest BCUT2D eigenvalue weighted by Crippen LogP contribution is -2.47. The van der Waals surface area contributed by atoms with Gasteiger partial charge in [0.25, 0.3) is 5.91 Å². The predicted octanol–water partition coefficient (Wildman–Crippen LogP) is 0.521. The number of benzene rings is 1. The van der Waals surface area contributed by atoms with E-state index in [1.165, 1.54) is 24.3 Å². The van der Waals surface area contributed by atoms with E-state index in [9.17, 15) is 14.7 Å². The van der Waals surface area contributed by atoms with E-state index >= 15 is 0 Å². The molecular weight excluding hydrogens is 482 g/mol. The molecule has 2 aromatic rings. The highest BCUT2D eigenvalue weighted by atomic mass is 35.5. The number of hydrogen-bond donors (Lipinski definition) is 7. The zero-order chi connectivity index (χ0) is 24.2. The highest BCUT2D eigenvalue weighted by Crippen LogP contribution is 2.35. The SMILES string of the molecule is CC(=O)Nc1cc(C(=O)NCC(O)CO)cc(-c2nnc(NC3CCC4NNCC4C3Cl)s2)c1. The molecule has 34 heavy (non-hydrogen) atoms. The lowest BCUT2D eigenvalue weighted by molar-refractivity contribution is -0.114. The number of aliphatic hydroxyl groups excluding tert-OH is 2. The highest BCUT2D eigenvalue weighted by Gasteiger charge is 2.41. The highest BCUT2D eigenvalue weighted by molar-refractivity contribution is 7.18. The van der Waals surface area contributed by atoms with Crippen LogP contribution in [0.25, 0.3) is 10.6 Å². The van der Waals surface area contributed by atoms with E-state index in [-0.39, 0.29) is 29.4 Å². The monoisotopic (exact) mass is 509 g/mol. The van der Waals surface area contributed by atoms with Crippen molar-refractivity contribution in [2.45, 2.75) is 43.3 Å². The van der Waals surface area contributed by atoms with E-state index < -0.39 is 18.6 Å². The van der Waals surface area contributed by atoms with Gasteiger partial charge in [-0.15, -0.1) is 21.8 Å². The molecule has 11 nitrogen and oxygen atoms in total. The summed E-state index contributed by atoms with van der Waals surface area (Å²) < 4.78 is 0. The molecule has 0 bridgehead atoms. The molecule has 2 fully saturated rings. The van der Waals surface area contributed by atoms with Gasteiger partial charge >= 0.3 is 0 Å². The number of anilines is 2. The molecule has 5 unspecified atom stereocenters. The number of aromatic nitrogens is 2. The molecule has 1 aliphatic carbocycles. The minimum Gasteiger partial charge on any atom is -0.394 e. The first-order chi connectivity index (χ1) is 16.3. The Kier molecular flexibility index (Phi) is 7.96. The summed E-state index contributed by atoms with van der Waals surface area (Å²) in [5, 5.41) is 36.8. The lowest BCUT2D eigenvalue weighted by atomic mass is 9.82. The zero-order valence-corrected chi connectivity index (χ0v) is 20.1. The Balaban J connectivity index is 1.51. The summed E-state index contributed by atoms with van der Waals surface area (Å²) in [5.41, 5.74) is 7.77. The summed E-state index contributed by atoms with van der Waals surface area (Å²) in [6.07, 6.45) is 0.850. The maximum Gasteiger partial charge on any atom is 0.251 e. The largest absolute Gasteiger partial charge is 0.394 e. The van der Waals surface area contributed by atoms with E-state index in [1.54, 1.807) is 12.1 Å². The molecule has 0 radical (unpaired) electrons. The number of carbonyl (C=O) groups excluding carboxylic acids is 2. The first-order valence-electron chi connectivity index (χ1n) is 11.1. The van der Waals surface area contributed by atoms with Gasteiger partial charge in [-0.1, -0.05) is 11.3 Å². The summed E-state index contributed by atoms with van der Waals surface area (Å²) in [7, 11) is 0. The third kappa shape index (κ3) is 5.82. The molecule has 1 aromatic heterocycles. The van der Waals surface area contributed by atoms with Crippen molar-refractivity contribution in [2.24, 2.45) is 5.92 Å². The quantitative estimate of drug-likeness (QED) is 0.252. The molecule has 2 amide bonds. The average Bonchev–Trinajstić information content (AvgIpc) is 3.48. The number of amides is 2. The van der Waals surface area contributed by atoms with Crippen LogP contribution in [0.2, 0.25) is 0 Å². The number of halogens is 1. The maximum absolute atomic E-state index is 12.6. The Bertz CT molecular complexity index is 1040.